The van der Waals surface area contributed by atoms with Gasteiger partial charge in [-0.25, -0.2) is 0 Å². The van der Waals surface area contributed by atoms with Gasteiger partial charge in [0.05, 0.1) is 12.0 Å². The van der Waals surface area contributed by atoms with E-state index in [4.69, 9.17) is 9.84 Å². The van der Waals surface area contributed by atoms with E-state index in [0.717, 1.165) is 27.8 Å². The van der Waals surface area contributed by atoms with Gasteiger partial charge in [-0.1, -0.05) is 15.9 Å². The number of ether oxygens (including phenoxy) is 1. The number of carboxylic acids is 1. The van der Waals surface area contributed by atoms with Crippen molar-refractivity contribution in [3.8, 4) is 5.75 Å². The van der Waals surface area contributed by atoms with Crippen LogP contribution in [0.2, 0.25) is 0 Å². The lowest BCUT2D eigenvalue weighted by Crippen LogP contribution is -2.33. The minimum atomic E-state index is -1.07. The van der Waals surface area contributed by atoms with Crippen LogP contribution in [0.1, 0.15) is 31.4 Å². The highest BCUT2D eigenvalue weighted by Crippen LogP contribution is 2.33. The molecule has 0 fully saturated rings. The molecule has 0 saturated heterocycles. The zero-order valence-electron chi connectivity index (χ0n) is 12.0. The van der Waals surface area contributed by atoms with Crippen molar-refractivity contribution in [3.63, 3.8) is 0 Å². The summed E-state index contributed by atoms with van der Waals surface area (Å²) < 4.78 is 6.54. The Bertz CT molecular complexity index is 583. The van der Waals surface area contributed by atoms with E-state index >= 15 is 0 Å². The molecule has 0 saturated carbocycles. The van der Waals surface area contributed by atoms with Gasteiger partial charge in [0.15, 0.2) is 0 Å². The Balaban J connectivity index is 2.01. The first kappa shape index (κ1) is 15.8. The Morgan fingerprint density at radius 3 is 2.81 bits per heavy atom. The third kappa shape index (κ3) is 3.75. The highest BCUT2D eigenvalue weighted by molar-refractivity contribution is 9.10. The molecule has 21 heavy (non-hydrogen) atoms. The molecule has 0 spiro atoms. The normalized spacial score (nSPS) is 13.5. The average molecular weight is 356 g/mol. The molecule has 114 valence electrons. The summed E-state index contributed by atoms with van der Waals surface area (Å²) in [4.78, 5) is 22.9. The SMILES string of the molecule is CC(C)(CC(=O)NCc1cc(Br)cc2c1OCC2)C(=O)O. The molecule has 6 heteroatoms. The summed E-state index contributed by atoms with van der Waals surface area (Å²) in [7, 11) is 0. The van der Waals surface area contributed by atoms with Crippen LogP contribution in [-0.4, -0.2) is 23.6 Å². The monoisotopic (exact) mass is 355 g/mol. The number of aliphatic carboxylic acids is 1. The molecule has 1 amide bonds. The van der Waals surface area contributed by atoms with Crippen molar-refractivity contribution in [2.24, 2.45) is 5.41 Å². The topological polar surface area (TPSA) is 75.6 Å². The Morgan fingerprint density at radius 1 is 1.43 bits per heavy atom. The first-order chi connectivity index (χ1) is 9.79. The van der Waals surface area contributed by atoms with Crippen LogP contribution in [0.25, 0.3) is 0 Å². The molecule has 1 aliphatic heterocycles. The van der Waals surface area contributed by atoms with Crippen molar-refractivity contribution >= 4 is 27.8 Å². The largest absolute Gasteiger partial charge is 0.493 e. The summed E-state index contributed by atoms with van der Waals surface area (Å²) >= 11 is 3.44. The van der Waals surface area contributed by atoms with Crippen molar-refractivity contribution in [1.29, 1.82) is 0 Å². The van der Waals surface area contributed by atoms with Crippen LogP contribution in [0.15, 0.2) is 16.6 Å². The predicted molar refractivity (Wildman–Crippen MR) is 81.2 cm³/mol. The number of fused-ring (bicyclic) bond motifs is 1. The van der Waals surface area contributed by atoms with Crippen molar-refractivity contribution in [2.45, 2.75) is 33.2 Å². The van der Waals surface area contributed by atoms with E-state index in [0.29, 0.717) is 13.2 Å². The van der Waals surface area contributed by atoms with Gasteiger partial charge in [0, 0.05) is 29.4 Å². The van der Waals surface area contributed by atoms with E-state index in [2.05, 4.69) is 21.2 Å². The molecule has 2 N–H and O–H groups in total. The number of rotatable bonds is 5. The number of carbonyl (C=O) groups is 2. The van der Waals surface area contributed by atoms with Gasteiger partial charge in [0.1, 0.15) is 5.75 Å². The standard InChI is InChI=1S/C15H18BrNO4/c1-15(2,14(19)20)7-12(18)17-8-10-6-11(16)5-9-3-4-21-13(9)10/h5-6H,3-4,7-8H2,1-2H3,(H,17,18)(H,19,20). The van der Waals surface area contributed by atoms with E-state index in [1.54, 1.807) is 0 Å². The summed E-state index contributed by atoms with van der Waals surface area (Å²) in [6, 6.07) is 3.92. The highest BCUT2D eigenvalue weighted by atomic mass is 79.9. The van der Waals surface area contributed by atoms with Gasteiger partial charge in [-0.05, 0) is 31.5 Å². The van der Waals surface area contributed by atoms with Gasteiger partial charge in [0.2, 0.25) is 5.91 Å². The third-order valence-corrected chi connectivity index (χ3v) is 3.94. The lowest BCUT2D eigenvalue weighted by atomic mass is 9.89. The molecule has 0 unspecified atom stereocenters. The molecule has 1 aliphatic rings. The Kier molecular flexibility index (Phi) is 4.56. The molecule has 0 atom stereocenters. The average Bonchev–Trinajstić information content (AvgIpc) is 2.83. The van der Waals surface area contributed by atoms with Gasteiger partial charge in [-0.2, -0.15) is 0 Å². The number of amides is 1. The van der Waals surface area contributed by atoms with Crippen LogP contribution in [0.5, 0.6) is 5.75 Å². The third-order valence-electron chi connectivity index (χ3n) is 3.48. The number of benzene rings is 1. The van der Waals surface area contributed by atoms with Crippen molar-refractivity contribution in [3.05, 3.63) is 27.7 Å². The maximum absolute atomic E-state index is 11.9. The number of hydrogen-bond acceptors (Lipinski definition) is 3. The number of hydrogen-bond donors (Lipinski definition) is 2. The van der Waals surface area contributed by atoms with Crippen LogP contribution >= 0.6 is 15.9 Å². The van der Waals surface area contributed by atoms with Gasteiger partial charge < -0.3 is 15.2 Å². The van der Waals surface area contributed by atoms with Crippen molar-refractivity contribution in [2.75, 3.05) is 6.61 Å². The second kappa shape index (κ2) is 6.05. The molecule has 1 heterocycles. The Morgan fingerprint density at radius 2 is 2.14 bits per heavy atom. The molecule has 0 bridgehead atoms. The molecular formula is C15H18BrNO4. The number of halogens is 1. The van der Waals surface area contributed by atoms with Gasteiger partial charge >= 0.3 is 5.97 Å². The van der Waals surface area contributed by atoms with Crippen LogP contribution in [0, 0.1) is 5.41 Å². The molecule has 0 radical (unpaired) electrons. The Labute approximate surface area is 131 Å². The van der Waals surface area contributed by atoms with Crippen LogP contribution in [0.3, 0.4) is 0 Å². The van der Waals surface area contributed by atoms with Crippen LogP contribution in [0.4, 0.5) is 0 Å². The molecule has 1 aromatic rings. The molecular weight excluding hydrogens is 338 g/mol. The zero-order valence-corrected chi connectivity index (χ0v) is 13.6. The second-order valence-electron chi connectivity index (χ2n) is 5.79. The summed E-state index contributed by atoms with van der Waals surface area (Å²) in [6.07, 6.45) is 0.807. The fraction of sp³-hybridized carbons (Fsp3) is 0.467. The zero-order chi connectivity index (χ0) is 15.6. The van der Waals surface area contributed by atoms with E-state index in [-0.39, 0.29) is 12.3 Å². The first-order valence-corrected chi connectivity index (χ1v) is 7.53. The maximum Gasteiger partial charge on any atom is 0.309 e. The number of nitrogens with one attached hydrogen (secondary N) is 1. The number of carbonyl (C=O) groups excluding carboxylic acids is 1. The van der Waals surface area contributed by atoms with E-state index in [1.165, 1.54) is 13.8 Å². The van der Waals surface area contributed by atoms with Crippen LogP contribution in [-0.2, 0) is 22.6 Å². The van der Waals surface area contributed by atoms with Gasteiger partial charge in [-0.3, -0.25) is 9.59 Å². The fourth-order valence-corrected chi connectivity index (χ4v) is 2.76. The van der Waals surface area contributed by atoms with E-state index < -0.39 is 11.4 Å². The van der Waals surface area contributed by atoms with Crippen molar-refractivity contribution < 1.29 is 19.4 Å². The molecule has 5 nitrogen and oxygen atoms in total. The predicted octanol–water partition coefficient (Wildman–Crippen LogP) is 2.50. The van der Waals surface area contributed by atoms with Crippen LogP contribution < -0.4 is 10.1 Å². The van der Waals surface area contributed by atoms with E-state index in [1.807, 2.05) is 12.1 Å². The van der Waals surface area contributed by atoms with Crippen molar-refractivity contribution in [1.82, 2.24) is 5.32 Å². The summed E-state index contributed by atoms with van der Waals surface area (Å²) in [5, 5.41) is 11.8. The fourth-order valence-electron chi connectivity index (χ4n) is 2.21. The van der Waals surface area contributed by atoms with E-state index in [9.17, 15) is 9.59 Å². The lowest BCUT2D eigenvalue weighted by Gasteiger charge is -2.18. The Hall–Kier alpha value is -1.56. The summed E-state index contributed by atoms with van der Waals surface area (Å²) in [5.41, 5.74) is 0.956. The lowest BCUT2D eigenvalue weighted by molar-refractivity contribution is -0.149. The van der Waals surface area contributed by atoms with Gasteiger partial charge in [0.25, 0.3) is 0 Å². The highest BCUT2D eigenvalue weighted by Gasteiger charge is 2.30. The smallest absolute Gasteiger partial charge is 0.309 e. The maximum atomic E-state index is 11.9. The summed E-state index contributed by atoms with van der Waals surface area (Å²) in [6.45, 7) is 4.05. The molecule has 2 rings (SSSR count). The second-order valence-corrected chi connectivity index (χ2v) is 6.71. The molecule has 0 aliphatic carbocycles. The molecule has 1 aromatic carbocycles. The molecule has 0 aromatic heterocycles. The minimum Gasteiger partial charge on any atom is -0.493 e. The quantitative estimate of drug-likeness (QED) is 0.850. The summed E-state index contributed by atoms with van der Waals surface area (Å²) in [5.74, 6) is -0.436. The van der Waals surface area contributed by atoms with Gasteiger partial charge in [-0.15, -0.1) is 0 Å². The minimum absolute atomic E-state index is 0.0562. The number of carboxylic acid groups (broad SMARTS) is 1. The first-order valence-electron chi connectivity index (χ1n) is 6.74.